The van der Waals surface area contributed by atoms with Crippen LogP contribution in [-0.4, -0.2) is 32.5 Å². The van der Waals surface area contributed by atoms with Crippen LogP contribution in [0.25, 0.3) is 0 Å². The van der Waals surface area contributed by atoms with Gasteiger partial charge in [-0.2, -0.15) is 0 Å². The second-order valence-electron chi connectivity index (χ2n) is 6.65. The summed E-state index contributed by atoms with van der Waals surface area (Å²) in [6.07, 6.45) is 3.15. The molecule has 100 valence electrons. The Labute approximate surface area is 108 Å². The van der Waals surface area contributed by atoms with Crippen molar-refractivity contribution < 1.29 is 4.74 Å². The SMILES string of the molecule is CC(C)[Si]1(C(C)C)C[C@H]([C@@H]2CCCN2)OC1C. The Hall–Kier alpha value is 0.137. The van der Waals surface area contributed by atoms with Gasteiger partial charge in [-0.3, -0.25) is 0 Å². The zero-order valence-electron chi connectivity index (χ0n) is 12.1. The monoisotopic (exact) mass is 255 g/mol. The smallest absolute Gasteiger partial charge is 0.0949 e. The lowest BCUT2D eigenvalue weighted by Gasteiger charge is -2.38. The summed E-state index contributed by atoms with van der Waals surface area (Å²) < 4.78 is 6.38. The van der Waals surface area contributed by atoms with Gasteiger partial charge in [0.1, 0.15) is 0 Å². The van der Waals surface area contributed by atoms with Crippen LogP contribution in [0.5, 0.6) is 0 Å². The summed E-state index contributed by atoms with van der Waals surface area (Å²) in [7, 11) is -1.28. The standard InChI is InChI=1S/C14H29NOSi/c1-10(2)17(11(3)4)9-14(16-12(17)5)13-7-6-8-15-13/h10-15H,6-9H2,1-5H3/t12?,13-,14+/m0/s1. The molecule has 2 aliphatic heterocycles. The first kappa shape index (κ1) is 13.6. The molecule has 0 radical (unpaired) electrons. The molecule has 0 aromatic rings. The third-order valence-electron chi connectivity index (χ3n) is 5.39. The van der Waals surface area contributed by atoms with Crippen LogP contribution < -0.4 is 5.32 Å². The van der Waals surface area contributed by atoms with Crippen LogP contribution in [0, 0.1) is 0 Å². The minimum Gasteiger partial charge on any atom is -0.377 e. The zero-order chi connectivity index (χ0) is 12.6. The van der Waals surface area contributed by atoms with Crippen molar-refractivity contribution >= 4 is 8.07 Å². The van der Waals surface area contributed by atoms with E-state index in [-0.39, 0.29) is 0 Å². The molecule has 0 amide bonds. The molecule has 2 nitrogen and oxygen atoms in total. The summed E-state index contributed by atoms with van der Waals surface area (Å²) in [6, 6.07) is 2.02. The molecule has 0 aromatic carbocycles. The van der Waals surface area contributed by atoms with E-state index in [4.69, 9.17) is 4.74 Å². The second-order valence-corrected chi connectivity index (χ2v) is 12.4. The molecule has 0 bridgehead atoms. The van der Waals surface area contributed by atoms with Gasteiger partial charge in [0.05, 0.1) is 14.2 Å². The van der Waals surface area contributed by atoms with Crippen molar-refractivity contribution in [3.05, 3.63) is 0 Å². The van der Waals surface area contributed by atoms with Crippen molar-refractivity contribution in [1.82, 2.24) is 5.32 Å². The van der Waals surface area contributed by atoms with Crippen molar-refractivity contribution in [2.24, 2.45) is 0 Å². The largest absolute Gasteiger partial charge is 0.377 e. The predicted molar refractivity (Wildman–Crippen MR) is 76.1 cm³/mol. The number of hydrogen-bond acceptors (Lipinski definition) is 2. The molecule has 2 heterocycles. The Bertz CT molecular complexity index is 253. The lowest BCUT2D eigenvalue weighted by molar-refractivity contribution is 0.0489. The average Bonchev–Trinajstić information content (AvgIpc) is 2.83. The topological polar surface area (TPSA) is 21.3 Å². The molecular weight excluding hydrogens is 226 g/mol. The van der Waals surface area contributed by atoms with Crippen LogP contribution >= 0.6 is 0 Å². The van der Waals surface area contributed by atoms with Gasteiger partial charge in [0.2, 0.25) is 0 Å². The van der Waals surface area contributed by atoms with Crippen molar-refractivity contribution in [1.29, 1.82) is 0 Å². The third kappa shape index (κ3) is 2.22. The van der Waals surface area contributed by atoms with Crippen LogP contribution in [0.15, 0.2) is 0 Å². The maximum absolute atomic E-state index is 6.38. The fraction of sp³-hybridized carbons (Fsp3) is 1.00. The van der Waals surface area contributed by atoms with Gasteiger partial charge in [-0.25, -0.2) is 0 Å². The highest BCUT2D eigenvalue weighted by Crippen LogP contribution is 2.46. The number of nitrogens with one attached hydrogen (secondary N) is 1. The molecular formula is C14H29NOSi. The lowest BCUT2D eigenvalue weighted by Crippen LogP contribution is -2.48. The van der Waals surface area contributed by atoms with E-state index in [1.807, 2.05) is 0 Å². The summed E-state index contributed by atoms with van der Waals surface area (Å²) in [5, 5.41) is 3.63. The lowest BCUT2D eigenvalue weighted by atomic mass is 10.1. The van der Waals surface area contributed by atoms with Crippen molar-refractivity contribution in [2.45, 2.75) is 82.5 Å². The average molecular weight is 255 g/mol. The van der Waals surface area contributed by atoms with E-state index < -0.39 is 8.07 Å². The molecule has 2 rings (SSSR count). The molecule has 2 aliphatic rings. The van der Waals surface area contributed by atoms with Gasteiger partial charge in [-0.15, -0.1) is 0 Å². The fourth-order valence-electron chi connectivity index (χ4n) is 4.29. The Morgan fingerprint density at radius 3 is 2.24 bits per heavy atom. The van der Waals surface area contributed by atoms with Crippen LogP contribution in [0.2, 0.25) is 17.1 Å². The molecule has 2 fully saturated rings. The van der Waals surface area contributed by atoms with Crippen molar-refractivity contribution in [3.63, 3.8) is 0 Å². The van der Waals surface area contributed by atoms with Crippen molar-refractivity contribution in [3.8, 4) is 0 Å². The molecule has 0 saturated carbocycles. The summed E-state index contributed by atoms with van der Waals surface area (Å²) in [5.41, 5.74) is 2.21. The molecule has 1 N–H and O–H groups in total. The zero-order valence-corrected chi connectivity index (χ0v) is 13.1. The quantitative estimate of drug-likeness (QED) is 0.781. The first-order valence-electron chi connectivity index (χ1n) is 7.37. The Morgan fingerprint density at radius 2 is 1.82 bits per heavy atom. The van der Waals surface area contributed by atoms with Gasteiger partial charge < -0.3 is 10.1 Å². The van der Waals surface area contributed by atoms with Gasteiger partial charge in [-0.05, 0) is 43.4 Å². The van der Waals surface area contributed by atoms with E-state index in [0.29, 0.717) is 17.9 Å². The third-order valence-corrected chi connectivity index (χ3v) is 12.4. The van der Waals surface area contributed by atoms with Crippen LogP contribution in [0.3, 0.4) is 0 Å². The van der Waals surface area contributed by atoms with Gasteiger partial charge in [-0.1, -0.05) is 27.7 Å². The molecule has 0 aliphatic carbocycles. The molecule has 1 unspecified atom stereocenters. The van der Waals surface area contributed by atoms with Crippen LogP contribution in [-0.2, 0) is 4.74 Å². The predicted octanol–water partition coefficient (Wildman–Crippen LogP) is 3.33. The molecule has 0 aromatic heterocycles. The highest BCUT2D eigenvalue weighted by molar-refractivity contribution is 6.84. The van der Waals surface area contributed by atoms with E-state index >= 15 is 0 Å². The highest BCUT2D eigenvalue weighted by Gasteiger charge is 2.53. The fourth-order valence-corrected chi connectivity index (χ4v) is 10.3. The van der Waals surface area contributed by atoms with E-state index in [1.165, 1.54) is 25.4 Å². The van der Waals surface area contributed by atoms with Gasteiger partial charge in [0.25, 0.3) is 0 Å². The molecule has 0 spiro atoms. The maximum atomic E-state index is 6.38. The van der Waals surface area contributed by atoms with Gasteiger partial charge in [0, 0.05) is 11.8 Å². The number of rotatable bonds is 3. The van der Waals surface area contributed by atoms with Crippen LogP contribution in [0.4, 0.5) is 0 Å². The highest BCUT2D eigenvalue weighted by atomic mass is 28.3. The molecule has 3 heteroatoms. The first-order valence-corrected chi connectivity index (χ1v) is 9.81. The molecule has 3 atom stereocenters. The molecule has 17 heavy (non-hydrogen) atoms. The van der Waals surface area contributed by atoms with E-state index in [0.717, 1.165) is 11.1 Å². The Morgan fingerprint density at radius 1 is 1.18 bits per heavy atom. The van der Waals surface area contributed by atoms with Gasteiger partial charge in [0.15, 0.2) is 0 Å². The number of hydrogen-bond donors (Lipinski definition) is 1. The first-order chi connectivity index (χ1) is 7.98. The number of ether oxygens (including phenoxy) is 1. The van der Waals surface area contributed by atoms with E-state index in [1.54, 1.807) is 0 Å². The van der Waals surface area contributed by atoms with Gasteiger partial charge >= 0.3 is 0 Å². The van der Waals surface area contributed by atoms with E-state index in [9.17, 15) is 0 Å². The van der Waals surface area contributed by atoms with Crippen LogP contribution in [0.1, 0.15) is 47.5 Å². The van der Waals surface area contributed by atoms with Crippen molar-refractivity contribution in [2.75, 3.05) is 6.54 Å². The maximum Gasteiger partial charge on any atom is 0.0949 e. The summed E-state index contributed by atoms with van der Waals surface area (Å²) in [4.78, 5) is 0. The minimum absolute atomic E-state index is 0.504. The minimum atomic E-state index is -1.28. The Balaban J connectivity index is 2.13. The van der Waals surface area contributed by atoms with E-state index in [2.05, 4.69) is 39.9 Å². The normalized spacial score (nSPS) is 37.2. The Kier molecular flexibility index (Phi) is 4.01. The summed E-state index contributed by atoms with van der Waals surface area (Å²) in [5.74, 6) is 0. The second kappa shape index (κ2) is 5.02. The summed E-state index contributed by atoms with van der Waals surface area (Å²) in [6.45, 7) is 13.2. The summed E-state index contributed by atoms with van der Waals surface area (Å²) >= 11 is 0. The molecule has 2 saturated heterocycles.